The highest BCUT2D eigenvalue weighted by Gasteiger charge is 2.18. The molecule has 0 aliphatic heterocycles. The van der Waals surface area contributed by atoms with E-state index in [1.807, 2.05) is 26.8 Å². The van der Waals surface area contributed by atoms with Gasteiger partial charge in [-0.2, -0.15) is 0 Å². The highest BCUT2D eigenvalue weighted by Crippen LogP contribution is 2.16. The summed E-state index contributed by atoms with van der Waals surface area (Å²) in [7, 11) is 0. The van der Waals surface area contributed by atoms with Gasteiger partial charge in [0.1, 0.15) is 0 Å². The van der Waals surface area contributed by atoms with E-state index < -0.39 is 0 Å². The Balaban J connectivity index is 2.69. The monoisotopic (exact) mass is 349 g/mol. The summed E-state index contributed by atoms with van der Waals surface area (Å²) in [5.74, 6) is -0.305. The lowest BCUT2D eigenvalue weighted by molar-refractivity contribution is -0.119. The topological polar surface area (TPSA) is 70.2 Å². The summed E-state index contributed by atoms with van der Waals surface area (Å²) in [6, 6.07) is 7.07. The zero-order valence-corrected chi connectivity index (χ0v) is 15.7. The van der Waals surface area contributed by atoms with Gasteiger partial charge in [-0.05, 0) is 51.5 Å². The van der Waals surface area contributed by atoms with E-state index in [9.17, 15) is 9.59 Å². The second-order valence-corrected chi connectivity index (χ2v) is 7.12. The Bertz CT molecular complexity index is 594. The molecule has 0 aromatic heterocycles. The Morgan fingerprint density at radius 3 is 2.42 bits per heavy atom. The molecule has 0 spiro atoms. The van der Waals surface area contributed by atoms with Gasteiger partial charge in [0.15, 0.2) is 5.11 Å². The number of carbonyl (C=O) groups is 2. The number of unbranched alkanes of at least 4 members (excludes halogenated alkanes) is 2. The number of para-hydroxylation sites is 1. The van der Waals surface area contributed by atoms with Gasteiger partial charge >= 0.3 is 0 Å². The van der Waals surface area contributed by atoms with Gasteiger partial charge in [0.2, 0.25) is 5.91 Å². The lowest BCUT2D eigenvalue weighted by atomic mass is 10.1. The Morgan fingerprint density at radius 2 is 1.79 bits per heavy atom. The van der Waals surface area contributed by atoms with Crippen LogP contribution < -0.4 is 16.0 Å². The largest absolute Gasteiger partial charge is 0.347 e. The smallest absolute Gasteiger partial charge is 0.253 e. The fourth-order valence-corrected chi connectivity index (χ4v) is 2.30. The van der Waals surface area contributed by atoms with Crippen molar-refractivity contribution in [1.29, 1.82) is 0 Å². The van der Waals surface area contributed by atoms with Crippen LogP contribution in [0.1, 0.15) is 63.7 Å². The van der Waals surface area contributed by atoms with E-state index >= 15 is 0 Å². The van der Waals surface area contributed by atoms with Crippen LogP contribution in [0.3, 0.4) is 0 Å². The van der Waals surface area contributed by atoms with Crippen molar-refractivity contribution in [2.24, 2.45) is 0 Å². The van der Waals surface area contributed by atoms with Gasteiger partial charge in [0.05, 0.1) is 11.3 Å². The first kappa shape index (κ1) is 20.1. The summed E-state index contributed by atoms with van der Waals surface area (Å²) in [6.45, 7) is 7.84. The van der Waals surface area contributed by atoms with Crippen LogP contribution in [-0.2, 0) is 4.79 Å². The molecule has 1 aromatic carbocycles. The quantitative estimate of drug-likeness (QED) is 0.542. The molecule has 0 bridgehead atoms. The van der Waals surface area contributed by atoms with E-state index in [1.54, 1.807) is 18.2 Å². The standard InChI is InChI=1S/C18H27N3O2S/c1-5-6-7-12-15(22)20-17(24)19-14-11-9-8-10-13(14)16(23)21-18(2,3)4/h8-11H,5-7,12H2,1-4H3,(H,21,23)(H2,19,20,22,24). The third-order valence-electron chi connectivity index (χ3n) is 3.17. The van der Waals surface area contributed by atoms with Gasteiger partial charge in [-0.15, -0.1) is 0 Å². The number of anilines is 1. The highest BCUT2D eigenvalue weighted by molar-refractivity contribution is 7.80. The zero-order valence-electron chi connectivity index (χ0n) is 14.9. The maximum Gasteiger partial charge on any atom is 0.253 e. The van der Waals surface area contributed by atoms with Crippen molar-refractivity contribution in [2.75, 3.05) is 5.32 Å². The number of hydrogen-bond acceptors (Lipinski definition) is 3. The van der Waals surface area contributed by atoms with E-state index in [1.165, 1.54) is 0 Å². The van der Waals surface area contributed by atoms with Crippen molar-refractivity contribution in [3.63, 3.8) is 0 Å². The molecule has 3 N–H and O–H groups in total. The first-order chi connectivity index (χ1) is 11.2. The summed E-state index contributed by atoms with van der Waals surface area (Å²) in [5, 5.41) is 8.70. The van der Waals surface area contributed by atoms with E-state index in [-0.39, 0.29) is 22.5 Å². The number of benzene rings is 1. The van der Waals surface area contributed by atoms with Crippen molar-refractivity contribution in [3.8, 4) is 0 Å². The minimum atomic E-state index is -0.335. The number of thiocarbonyl (C=S) groups is 1. The molecule has 0 saturated heterocycles. The van der Waals surface area contributed by atoms with Crippen LogP contribution in [0.4, 0.5) is 5.69 Å². The normalized spacial score (nSPS) is 10.8. The maximum absolute atomic E-state index is 12.4. The second-order valence-electron chi connectivity index (χ2n) is 6.71. The summed E-state index contributed by atoms with van der Waals surface area (Å²) >= 11 is 5.17. The SMILES string of the molecule is CCCCCC(=O)NC(=S)Nc1ccccc1C(=O)NC(C)(C)C. The minimum absolute atomic E-state index is 0.113. The molecule has 0 radical (unpaired) electrons. The molecule has 0 aliphatic rings. The van der Waals surface area contributed by atoms with Crippen LogP contribution in [0.5, 0.6) is 0 Å². The van der Waals surface area contributed by atoms with Crippen LogP contribution in [0, 0.1) is 0 Å². The average molecular weight is 350 g/mol. The second kappa shape index (κ2) is 9.37. The van der Waals surface area contributed by atoms with Crippen LogP contribution in [-0.4, -0.2) is 22.5 Å². The van der Waals surface area contributed by atoms with Gasteiger partial charge in [-0.25, -0.2) is 0 Å². The van der Waals surface area contributed by atoms with Gasteiger partial charge in [-0.1, -0.05) is 31.9 Å². The molecule has 6 heteroatoms. The minimum Gasteiger partial charge on any atom is -0.347 e. The van der Waals surface area contributed by atoms with Gasteiger partial charge in [0, 0.05) is 12.0 Å². The number of rotatable bonds is 6. The van der Waals surface area contributed by atoms with Gasteiger partial charge < -0.3 is 16.0 Å². The van der Waals surface area contributed by atoms with Crippen LogP contribution in [0.2, 0.25) is 0 Å². The third-order valence-corrected chi connectivity index (χ3v) is 3.37. The first-order valence-electron chi connectivity index (χ1n) is 8.25. The van der Waals surface area contributed by atoms with Crippen molar-refractivity contribution >= 4 is 34.8 Å². The van der Waals surface area contributed by atoms with Gasteiger partial charge in [-0.3, -0.25) is 9.59 Å². The Hall–Kier alpha value is -1.95. The Kier molecular flexibility index (Phi) is 7.85. The molecule has 132 valence electrons. The molecule has 1 rings (SSSR count). The molecule has 0 saturated carbocycles. The van der Waals surface area contributed by atoms with Crippen molar-refractivity contribution in [3.05, 3.63) is 29.8 Å². The molecule has 2 amide bonds. The zero-order chi connectivity index (χ0) is 18.2. The maximum atomic E-state index is 12.4. The number of carbonyl (C=O) groups excluding carboxylic acids is 2. The highest BCUT2D eigenvalue weighted by atomic mass is 32.1. The summed E-state index contributed by atoms with van der Waals surface area (Å²) in [6.07, 6.45) is 3.37. The lowest BCUT2D eigenvalue weighted by Crippen LogP contribution is -2.41. The van der Waals surface area contributed by atoms with Crippen molar-refractivity contribution in [2.45, 2.75) is 58.9 Å². The van der Waals surface area contributed by atoms with Crippen molar-refractivity contribution < 1.29 is 9.59 Å². The van der Waals surface area contributed by atoms with E-state index in [4.69, 9.17) is 12.2 Å². The molecule has 24 heavy (non-hydrogen) atoms. The summed E-state index contributed by atoms with van der Waals surface area (Å²) in [4.78, 5) is 24.2. The predicted molar refractivity (Wildman–Crippen MR) is 102 cm³/mol. The van der Waals surface area contributed by atoms with E-state index in [2.05, 4.69) is 22.9 Å². The van der Waals surface area contributed by atoms with Crippen LogP contribution >= 0.6 is 12.2 Å². The Labute approximate surface area is 149 Å². The lowest BCUT2D eigenvalue weighted by Gasteiger charge is -2.21. The van der Waals surface area contributed by atoms with Crippen molar-refractivity contribution in [1.82, 2.24) is 10.6 Å². The van der Waals surface area contributed by atoms with Gasteiger partial charge in [0.25, 0.3) is 5.91 Å². The molecular weight excluding hydrogens is 322 g/mol. The third kappa shape index (κ3) is 7.55. The molecular formula is C18H27N3O2S. The van der Waals surface area contributed by atoms with Crippen LogP contribution in [0.25, 0.3) is 0 Å². The number of nitrogens with one attached hydrogen (secondary N) is 3. The fourth-order valence-electron chi connectivity index (χ4n) is 2.08. The molecule has 0 fully saturated rings. The Morgan fingerprint density at radius 1 is 1.12 bits per heavy atom. The molecule has 5 nitrogen and oxygen atoms in total. The first-order valence-corrected chi connectivity index (χ1v) is 8.66. The predicted octanol–water partition coefficient (Wildman–Crippen LogP) is 3.61. The summed E-state index contributed by atoms with van der Waals surface area (Å²) in [5.41, 5.74) is 0.714. The molecule has 0 unspecified atom stereocenters. The number of amides is 2. The van der Waals surface area contributed by atoms with E-state index in [0.717, 1.165) is 19.3 Å². The average Bonchev–Trinajstić information content (AvgIpc) is 2.46. The summed E-state index contributed by atoms with van der Waals surface area (Å²) < 4.78 is 0. The van der Waals surface area contributed by atoms with Crippen LogP contribution in [0.15, 0.2) is 24.3 Å². The molecule has 0 heterocycles. The molecule has 0 aliphatic carbocycles. The molecule has 0 atom stereocenters. The number of hydrogen-bond donors (Lipinski definition) is 3. The molecule has 1 aromatic rings. The van der Waals surface area contributed by atoms with E-state index in [0.29, 0.717) is 17.7 Å². The fraction of sp³-hybridized carbons (Fsp3) is 0.500.